The Labute approximate surface area is 289 Å². The first-order chi connectivity index (χ1) is 23.6. The number of carboxylic acid groups (broad SMARTS) is 1. The molecule has 2 heterocycles. The summed E-state index contributed by atoms with van der Waals surface area (Å²) in [4.78, 5) is 16.3. The SMILES string of the molecule is COc1cc(OCCCC(=O)O)ccc1-c1nc2cc(-c3ccoc3)ccc2n1C[C@]1(C)CCC[C@]2(C)c3ccc(C(C)C)cc3CC[C@@H]12. The standard InChI is InChI=1S/C42H48N2O5/c1-27(2)28-9-14-34-30(22-28)11-16-38-41(3,18-7-19-42(34,38)4)26-44-36-15-10-29(31-17-21-48-25-31)23-35(36)43-40(44)33-13-12-32(24-37(33)47-5)49-20-6-8-39(45)46/h9-10,12-15,17,21-25,27,38H,6-8,11,16,18-20,26H2,1-5H3,(H,45,46)/t38-,41-,42+/m0/s1. The maximum absolute atomic E-state index is 11.0. The van der Waals surface area contributed by atoms with Crippen LogP contribution in [0.15, 0.2) is 77.6 Å². The lowest BCUT2D eigenvalue weighted by Crippen LogP contribution is -2.50. The van der Waals surface area contributed by atoms with E-state index in [4.69, 9.17) is 24.0 Å². The predicted octanol–water partition coefficient (Wildman–Crippen LogP) is 10.0. The van der Waals surface area contributed by atoms with Gasteiger partial charge in [0.15, 0.2) is 0 Å². The quantitative estimate of drug-likeness (QED) is 0.142. The van der Waals surface area contributed by atoms with Gasteiger partial charge in [-0.1, -0.05) is 58.4 Å². The number of hydrogen-bond acceptors (Lipinski definition) is 5. The summed E-state index contributed by atoms with van der Waals surface area (Å²) >= 11 is 0. The summed E-state index contributed by atoms with van der Waals surface area (Å²) in [6, 6.07) is 21.7. The molecule has 0 saturated heterocycles. The third kappa shape index (κ3) is 6.13. The Morgan fingerprint density at radius 1 is 1.06 bits per heavy atom. The average Bonchev–Trinajstić information content (AvgIpc) is 3.75. The van der Waals surface area contributed by atoms with Gasteiger partial charge in [0, 0.05) is 24.6 Å². The minimum atomic E-state index is -0.823. The number of hydrogen-bond donors (Lipinski definition) is 1. The molecule has 1 N–H and O–H groups in total. The van der Waals surface area contributed by atoms with Crippen molar-refractivity contribution >= 4 is 17.0 Å². The largest absolute Gasteiger partial charge is 0.496 e. The fraction of sp³-hybridized carbons (Fsp3) is 0.429. The van der Waals surface area contributed by atoms with Crippen molar-refractivity contribution < 1.29 is 23.8 Å². The summed E-state index contributed by atoms with van der Waals surface area (Å²) in [5, 5.41) is 9.01. The minimum absolute atomic E-state index is 0.0491. The number of aliphatic carboxylic acids is 1. The van der Waals surface area contributed by atoms with E-state index < -0.39 is 5.97 Å². The van der Waals surface area contributed by atoms with E-state index in [0.29, 0.717) is 36.4 Å². The maximum atomic E-state index is 11.0. The molecule has 1 saturated carbocycles. The number of benzene rings is 3. The van der Waals surface area contributed by atoms with Crippen LogP contribution in [0.5, 0.6) is 11.5 Å². The first-order valence-electron chi connectivity index (χ1n) is 17.8. The van der Waals surface area contributed by atoms with Gasteiger partial charge < -0.3 is 23.6 Å². The van der Waals surface area contributed by atoms with Crippen molar-refractivity contribution in [2.75, 3.05) is 13.7 Å². The van der Waals surface area contributed by atoms with Crippen LogP contribution >= 0.6 is 0 Å². The maximum Gasteiger partial charge on any atom is 0.303 e. The van der Waals surface area contributed by atoms with Crippen LogP contribution in [-0.4, -0.2) is 34.3 Å². The van der Waals surface area contributed by atoms with Crippen molar-refractivity contribution in [2.24, 2.45) is 11.3 Å². The van der Waals surface area contributed by atoms with E-state index in [0.717, 1.165) is 46.5 Å². The van der Waals surface area contributed by atoms with Gasteiger partial charge in [0.05, 0.1) is 42.8 Å². The van der Waals surface area contributed by atoms with Crippen molar-refractivity contribution in [1.29, 1.82) is 0 Å². The highest BCUT2D eigenvalue weighted by atomic mass is 16.5. The zero-order valence-electron chi connectivity index (χ0n) is 29.4. The van der Waals surface area contributed by atoms with Gasteiger partial charge in [-0.05, 0) is 107 Å². The normalized spacial score (nSPS) is 21.8. The Kier molecular flexibility index (Phi) is 8.80. The number of furan rings is 1. The van der Waals surface area contributed by atoms with Gasteiger partial charge in [-0.2, -0.15) is 0 Å². The number of carboxylic acids is 1. The fourth-order valence-electron chi connectivity index (χ4n) is 9.02. The minimum Gasteiger partial charge on any atom is -0.496 e. The first kappa shape index (κ1) is 33.0. The molecule has 0 unspecified atom stereocenters. The van der Waals surface area contributed by atoms with Crippen molar-refractivity contribution in [1.82, 2.24) is 9.55 Å². The molecule has 5 aromatic rings. The molecule has 0 spiro atoms. The summed E-state index contributed by atoms with van der Waals surface area (Å²) in [7, 11) is 1.68. The molecule has 0 bridgehead atoms. The van der Waals surface area contributed by atoms with Crippen LogP contribution in [0.4, 0.5) is 0 Å². The van der Waals surface area contributed by atoms with Crippen LogP contribution in [0, 0.1) is 11.3 Å². The second-order valence-electron chi connectivity index (χ2n) is 15.0. The molecule has 2 aliphatic carbocycles. The number of aromatic nitrogens is 2. The van der Waals surface area contributed by atoms with E-state index in [1.54, 1.807) is 30.8 Å². The number of aryl methyl sites for hydroxylation is 1. The number of nitrogens with zero attached hydrogens (tertiary/aromatic N) is 2. The van der Waals surface area contributed by atoms with E-state index in [-0.39, 0.29) is 17.3 Å². The Morgan fingerprint density at radius 3 is 2.67 bits per heavy atom. The Morgan fingerprint density at radius 2 is 1.92 bits per heavy atom. The molecule has 2 aliphatic rings. The molecule has 7 rings (SSSR count). The van der Waals surface area contributed by atoms with Crippen molar-refractivity contribution in [3.05, 3.63) is 89.9 Å². The van der Waals surface area contributed by atoms with Crippen LogP contribution in [0.25, 0.3) is 33.5 Å². The summed E-state index contributed by atoms with van der Waals surface area (Å²) < 4.78 is 19.7. The van der Waals surface area contributed by atoms with E-state index in [2.05, 4.69) is 68.7 Å². The van der Waals surface area contributed by atoms with Crippen molar-refractivity contribution in [3.63, 3.8) is 0 Å². The topological polar surface area (TPSA) is 86.7 Å². The average molecular weight is 661 g/mol. The molecule has 7 nitrogen and oxygen atoms in total. The molecule has 256 valence electrons. The highest BCUT2D eigenvalue weighted by Crippen LogP contribution is 2.58. The Hall–Kier alpha value is -4.52. The van der Waals surface area contributed by atoms with Crippen LogP contribution < -0.4 is 9.47 Å². The van der Waals surface area contributed by atoms with Crippen LogP contribution in [0.1, 0.15) is 88.8 Å². The van der Waals surface area contributed by atoms with E-state index >= 15 is 0 Å². The van der Waals surface area contributed by atoms with E-state index in [9.17, 15) is 4.79 Å². The lowest BCUT2D eigenvalue weighted by Gasteiger charge is -2.56. The monoisotopic (exact) mass is 660 g/mol. The summed E-state index contributed by atoms with van der Waals surface area (Å²) in [5.74, 6) is 2.44. The second-order valence-corrected chi connectivity index (χ2v) is 15.0. The van der Waals surface area contributed by atoms with Gasteiger partial charge in [-0.3, -0.25) is 4.79 Å². The van der Waals surface area contributed by atoms with Gasteiger partial charge in [0.2, 0.25) is 0 Å². The zero-order chi connectivity index (χ0) is 34.3. The fourth-order valence-corrected chi connectivity index (χ4v) is 9.02. The molecule has 3 atom stereocenters. The highest BCUT2D eigenvalue weighted by molar-refractivity contribution is 5.86. The number of imidazole rings is 1. The molecule has 2 aromatic heterocycles. The van der Waals surface area contributed by atoms with Gasteiger partial charge >= 0.3 is 5.97 Å². The molecule has 3 aromatic carbocycles. The Balaban J connectivity index is 1.29. The molecule has 0 radical (unpaired) electrons. The number of ether oxygens (including phenoxy) is 2. The lowest BCUT2D eigenvalue weighted by molar-refractivity contribution is -0.137. The lowest BCUT2D eigenvalue weighted by atomic mass is 9.49. The smallest absolute Gasteiger partial charge is 0.303 e. The van der Waals surface area contributed by atoms with E-state index in [1.807, 2.05) is 24.3 Å². The molecular formula is C42H48N2O5. The molecular weight excluding hydrogens is 612 g/mol. The van der Waals surface area contributed by atoms with Crippen LogP contribution in [0.3, 0.4) is 0 Å². The molecule has 49 heavy (non-hydrogen) atoms. The number of fused-ring (bicyclic) bond motifs is 4. The molecule has 1 fully saturated rings. The van der Waals surface area contributed by atoms with Crippen LogP contribution in [0.2, 0.25) is 0 Å². The zero-order valence-corrected chi connectivity index (χ0v) is 29.4. The molecule has 7 heteroatoms. The van der Waals surface area contributed by atoms with Gasteiger partial charge in [-0.15, -0.1) is 0 Å². The number of rotatable bonds is 11. The first-order valence-corrected chi connectivity index (χ1v) is 17.8. The molecule has 0 aliphatic heterocycles. The van der Waals surface area contributed by atoms with E-state index in [1.165, 1.54) is 31.2 Å². The van der Waals surface area contributed by atoms with Gasteiger partial charge in [0.1, 0.15) is 17.3 Å². The van der Waals surface area contributed by atoms with Crippen molar-refractivity contribution in [3.8, 4) is 34.0 Å². The Bertz CT molecular complexity index is 1970. The third-order valence-corrected chi connectivity index (χ3v) is 11.5. The summed E-state index contributed by atoms with van der Waals surface area (Å²) in [6.07, 6.45) is 9.87. The highest BCUT2D eigenvalue weighted by Gasteiger charge is 2.52. The third-order valence-electron chi connectivity index (χ3n) is 11.5. The van der Waals surface area contributed by atoms with Crippen LogP contribution in [-0.2, 0) is 23.2 Å². The van der Waals surface area contributed by atoms with Crippen molar-refractivity contribution in [2.45, 2.75) is 90.5 Å². The summed E-state index contributed by atoms with van der Waals surface area (Å²) in [6.45, 7) is 10.8. The summed E-state index contributed by atoms with van der Waals surface area (Å²) in [5.41, 5.74) is 9.74. The number of carbonyl (C=O) groups is 1. The number of methoxy groups -OCH3 is 1. The van der Waals surface area contributed by atoms with Gasteiger partial charge in [0.25, 0.3) is 0 Å². The van der Waals surface area contributed by atoms with Gasteiger partial charge in [-0.25, -0.2) is 4.98 Å². The second kappa shape index (κ2) is 13.1. The molecule has 0 amide bonds. The predicted molar refractivity (Wildman–Crippen MR) is 193 cm³/mol.